The summed E-state index contributed by atoms with van der Waals surface area (Å²) in [6.07, 6.45) is -0.929. The molecule has 0 spiro atoms. The van der Waals surface area contributed by atoms with E-state index in [0.717, 1.165) is 0 Å². The summed E-state index contributed by atoms with van der Waals surface area (Å²) in [6.45, 7) is 2.65. The molecule has 0 aromatic rings. The average molecular weight is 244 g/mol. The van der Waals surface area contributed by atoms with Crippen LogP contribution in [0.2, 0.25) is 0 Å². The second-order valence-corrected chi connectivity index (χ2v) is 4.30. The normalized spacial score (nSPS) is 39.1. The van der Waals surface area contributed by atoms with E-state index in [2.05, 4.69) is 0 Å². The van der Waals surface area contributed by atoms with Crippen molar-refractivity contribution in [1.29, 1.82) is 0 Å². The summed E-state index contributed by atoms with van der Waals surface area (Å²) in [7, 11) is 1.58. The fraction of sp³-hybridized carbons (Fsp3) is 0.818. The molecule has 2 fully saturated rings. The number of hydrogen-bond donors (Lipinski definition) is 0. The third kappa shape index (κ3) is 2.58. The van der Waals surface area contributed by atoms with Crippen LogP contribution in [0.3, 0.4) is 0 Å². The lowest BCUT2D eigenvalue weighted by Crippen LogP contribution is -2.47. The van der Waals surface area contributed by atoms with Crippen LogP contribution in [0.25, 0.3) is 0 Å². The van der Waals surface area contributed by atoms with E-state index in [9.17, 15) is 9.59 Å². The maximum absolute atomic E-state index is 11.0. The molecule has 5 atom stereocenters. The lowest BCUT2D eigenvalue weighted by molar-refractivity contribution is -0.171. The average Bonchev–Trinajstić information content (AvgIpc) is 2.99. The summed E-state index contributed by atoms with van der Waals surface area (Å²) >= 11 is 0. The fourth-order valence-electron chi connectivity index (χ4n) is 2.30. The Balaban J connectivity index is 2.06. The van der Waals surface area contributed by atoms with Gasteiger partial charge in [-0.05, 0) is 0 Å². The molecule has 96 valence electrons. The zero-order valence-corrected chi connectivity index (χ0v) is 10.0. The Hall–Kier alpha value is -1.14. The van der Waals surface area contributed by atoms with Gasteiger partial charge < -0.3 is 18.9 Å². The highest BCUT2D eigenvalue weighted by atomic mass is 16.7. The molecule has 0 aromatic heterocycles. The maximum Gasteiger partial charge on any atom is 0.303 e. The van der Waals surface area contributed by atoms with Crippen molar-refractivity contribution in [2.24, 2.45) is 0 Å². The zero-order chi connectivity index (χ0) is 12.6. The SMILES string of the molecule is CO[C@@H]1C[C@H](OC(C)=O)[C@@H](OC(C)=O)[C@H]2O[C@H]21. The number of ether oxygens (including phenoxy) is 4. The number of carbonyl (C=O) groups is 2. The van der Waals surface area contributed by atoms with Crippen LogP contribution >= 0.6 is 0 Å². The summed E-state index contributed by atoms with van der Waals surface area (Å²) in [4.78, 5) is 22.0. The maximum atomic E-state index is 11.0. The molecule has 1 heterocycles. The fourth-order valence-corrected chi connectivity index (χ4v) is 2.30. The van der Waals surface area contributed by atoms with Crippen molar-refractivity contribution in [3.05, 3.63) is 0 Å². The molecule has 1 saturated carbocycles. The van der Waals surface area contributed by atoms with Crippen LogP contribution in [0, 0.1) is 0 Å². The highest BCUT2D eigenvalue weighted by molar-refractivity contribution is 5.67. The predicted octanol–water partition coefficient (Wildman–Crippen LogP) is 0.0359. The highest BCUT2D eigenvalue weighted by Gasteiger charge is 2.59. The first-order valence-corrected chi connectivity index (χ1v) is 5.55. The number of hydrogen-bond acceptors (Lipinski definition) is 6. The first-order valence-electron chi connectivity index (χ1n) is 5.55. The van der Waals surface area contributed by atoms with Crippen molar-refractivity contribution in [2.45, 2.75) is 50.8 Å². The Kier molecular flexibility index (Phi) is 3.35. The first-order chi connectivity index (χ1) is 8.02. The molecule has 0 bridgehead atoms. The summed E-state index contributed by atoms with van der Waals surface area (Å²) in [6, 6.07) is 0. The van der Waals surface area contributed by atoms with Crippen LogP contribution in [0.5, 0.6) is 0 Å². The van der Waals surface area contributed by atoms with E-state index in [-0.39, 0.29) is 18.3 Å². The Labute approximate surface area is 99.2 Å². The Bertz CT molecular complexity index is 328. The zero-order valence-electron chi connectivity index (χ0n) is 10.0. The largest absolute Gasteiger partial charge is 0.458 e. The summed E-state index contributed by atoms with van der Waals surface area (Å²) in [5.74, 6) is -0.807. The van der Waals surface area contributed by atoms with Gasteiger partial charge in [-0.2, -0.15) is 0 Å². The van der Waals surface area contributed by atoms with Crippen molar-refractivity contribution < 1.29 is 28.5 Å². The van der Waals surface area contributed by atoms with Gasteiger partial charge in [-0.25, -0.2) is 0 Å². The molecule has 0 unspecified atom stereocenters. The molecule has 0 N–H and O–H groups in total. The molecular formula is C11H16O6. The van der Waals surface area contributed by atoms with Gasteiger partial charge in [0.25, 0.3) is 0 Å². The number of methoxy groups -OCH3 is 1. The van der Waals surface area contributed by atoms with Crippen molar-refractivity contribution in [1.82, 2.24) is 0 Å². The lowest BCUT2D eigenvalue weighted by Gasteiger charge is -2.31. The topological polar surface area (TPSA) is 74.4 Å². The van der Waals surface area contributed by atoms with Gasteiger partial charge in [0.1, 0.15) is 18.3 Å². The second-order valence-electron chi connectivity index (χ2n) is 4.30. The van der Waals surface area contributed by atoms with E-state index in [0.29, 0.717) is 6.42 Å². The van der Waals surface area contributed by atoms with Gasteiger partial charge in [0.15, 0.2) is 6.10 Å². The van der Waals surface area contributed by atoms with Crippen LogP contribution in [0.4, 0.5) is 0 Å². The summed E-state index contributed by atoms with van der Waals surface area (Å²) < 4.78 is 21.0. The molecule has 2 aliphatic rings. The minimum absolute atomic E-state index is 0.0591. The van der Waals surface area contributed by atoms with E-state index in [1.54, 1.807) is 7.11 Å². The molecule has 17 heavy (non-hydrogen) atoms. The molecule has 2 rings (SSSR count). The van der Waals surface area contributed by atoms with Crippen molar-refractivity contribution in [3.8, 4) is 0 Å². The molecule has 1 aliphatic heterocycles. The van der Waals surface area contributed by atoms with Crippen LogP contribution in [0.15, 0.2) is 0 Å². The molecule has 6 heteroatoms. The smallest absolute Gasteiger partial charge is 0.303 e. The van der Waals surface area contributed by atoms with Gasteiger partial charge in [-0.15, -0.1) is 0 Å². The number of epoxide rings is 1. The Morgan fingerprint density at radius 3 is 2.24 bits per heavy atom. The second kappa shape index (κ2) is 4.62. The van der Waals surface area contributed by atoms with Gasteiger partial charge in [0.2, 0.25) is 0 Å². The van der Waals surface area contributed by atoms with Crippen LogP contribution in [0.1, 0.15) is 20.3 Å². The van der Waals surface area contributed by atoms with Crippen LogP contribution in [-0.2, 0) is 28.5 Å². The van der Waals surface area contributed by atoms with E-state index in [1.165, 1.54) is 13.8 Å². The third-order valence-electron chi connectivity index (χ3n) is 3.00. The molecule has 0 aromatic carbocycles. The van der Waals surface area contributed by atoms with Gasteiger partial charge in [-0.1, -0.05) is 0 Å². The van der Waals surface area contributed by atoms with Crippen molar-refractivity contribution >= 4 is 11.9 Å². The predicted molar refractivity (Wildman–Crippen MR) is 55.2 cm³/mol. The van der Waals surface area contributed by atoms with Crippen molar-refractivity contribution in [2.75, 3.05) is 7.11 Å². The number of fused-ring (bicyclic) bond motifs is 1. The molecule has 6 nitrogen and oxygen atoms in total. The third-order valence-corrected chi connectivity index (χ3v) is 3.00. The highest BCUT2D eigenvalue weighted by Crippen LogP contribution is 2.41. The van der Waals surface area contributed by atoms with E-state index >= 15 is 0 Å². The molecule has 1 aliphatic carbocycles. The van der Waals surface area contributed by atoms with Gasteiger partial charge in [0.05, 0.1) is 6.10 Å². The van der Waals surface area contributed by atoms with Gasteiger partial charge >= 0.3 is 11.9 Å². The monoisotopic (exact) mass is 244 g/mol. The lowest BCUT2D eigenvalue weighted by atomic mass is 9.92. The quantitative estimate of drug-likeness (QED) is 0.515. The molecule has 0 radical (unpaired) electrons. The Morgan fingerprint density at radius 1 is 1.06 bits per heavy atom. The minimum Gasteiger partial charge on any atom is -0.458 e. The number of carbonyl (C=O) groups excluding carboxylic acids is 2. The molecule has 1 saturated heterocycles. The Morgan fingerprint density at radius 2 is 1.71 bits per heavy atom. The van der Waals surface area contributed by atoms with Crippen molar-refractivity contribution in [3.63, 3.8) is 0 Å². The van der Waals surface area contributed by atoms with E-state index in [1.807, 2.05) is 0 Å². The van der Waals surface area contributed by atoms with Gasteiger partial charge in [-0.3, -0.25) is 9.59 Å². The number of rotatable bonds is 3. The molecule has 0 amide bonds. The standard InChI is InChI=1S/C11H16O6/c1-5(12)15-8-4-7(14-3)9-11(17-9)10(8)16-6(2)13/h7-11H,4H2,1-3H3/t7-,8+,9+,10-,11+/m1/s1. The van der Waals surface area contributed by atoms with E-state index in [4.69, 9.17) is 18.9 Å². The van der Waals surface area contributed by atoms with Crippen LogP contribution < -0.4 is 0 Å². The minimum atomic E-state index is -0.521. The summed E-state index contributed by atoms with van der Waals surface area (Å²) in [5, 5.41) is 0. The first kappa shape index (κ1) is 12.3. The summed E-state index contributed by atoms with van der Waals surface area (Å²) in [5.41, 5.74) is 0. The van der Waals surface area contributed by atoms with Gasteiger partial charge in [0, 0.05) is 27.4 Å². The van der Waals surface area contributed by atoms with Crippen LogP contribution in [-0.4, -0.2) is 49.6 Å². The number of esters is 2. The van der Waals surface area contributed by atoms with E-state index < -0.39 is 24.1 Å². The molecular weight excluding hydrogens is 228 g/mol.